The zero-order chi connectivity index (χ0) is 18.5. The van der Waals surface area contributed by atoms with Gasteiger partial charge in [-0.15, -0.1) is 0 Å². The summed E-state index contributed by atoms with van der Waals surface area (Å²) >= 11 is 0. The number of anilines is 1. The van der Waals surface area contributed by atoms with Crippen LogP contribution in [0, 0.1) is 17.0 Å². The fraction of sp³-hybridized carbons (Fsp3) is 0.235. The van der Waals surface area contributed by atoms with Crippen molar-refractivity contribution in [2.75, 3.05) is 5.32 Å². The van der Waals surface area contributed by atoms with Crippen LogP contribution in [0.1, 0.15) is 17.7 Å². The van der Waals surface area contributed by atoms with Crippen LogP contribution in [0.4, 0.5) is 11.4 Å². The molecule has 0 saturated heterocycles. The van der Waals surface area contributed by atoms with Crippen molar-refractivity contribution in [3.8, 4) is 0 Å². The Morgan fingerprint density at radius 1 is 1.23 bits per heavy atom. The molecule has 0 radical (unpaired) electrons. The molecule has 0 aliphatic carbocycles. The molecule has 0 aliphatic heterocycles. The number of aryl methyl sites for hydroxylation is 1. The summed E-state index contributed by atoms with van der Waals surface area (Å²) in [4.78, 5) is 22.4. The molecule has 3 rings (SSSR count). The van der Waals surface area contributed by atoms with E-state index in [0.29, 0.717) is 17.9 Å². The summed E-state index contributed by atoms with van der Waals surface area (Å²) < 4.78 is 3.20. The highest BCUT2D eigenvalue weighted by molar-refractivity contribution is 5.90. The second-order valence-corrected chi connectivity index (χ2v) is 5.81. The Morgan fingerprint density at radius 2 is 2.00 bits per heavy atom. The summed E-state index contributed by atoms with van der Waals surface area (Å²) in [5, 5.41) is 21.8. The number of nitrogens with zero attached hydrogens (tertiary/aromatic N) is 5. The third kappa shape index (κ3) is 4.12. The highest BCUT2D eigenvalue weighted by Crippen LogP contribution is 2.16. The molecule has 1 amide bonds. The summed E-state index contributed by atoms with van der Waals surface area (Å²) in [6.45, 7) is 2.49. The molecule has 0 fully saturated rings. The van der Waals surface area contributed by atoms with Crippen LogP contribution in [0.2, 0.25) is 0 Å². The lowest BCUT2D eigenvalue weighted by atomic mass is 10.2. The third-order valence-corrected chi connectivity index (χ3v) is 3.93. The van der Waals surface area contributed by atoms with Crippen molar-refractivity contribution in [3.63, 3.8) is 0 Å². The Morgan fingerprint density at radius 3 is 2.69 bits per heavy atom. The molecular weight excluding hydrogens is 336 g/mol. The minimum Gasteiger partial charge on any atom is -0.323 e. The molecule has 9 nitrogen and oxygen atoms in total. The maximum absolute atomic E-state index is 12.1. The van der Waals surface area contributed by atoms with Crippen LogP contribution in [0.5, 0.6) is 0 Å². The Hall–Kier alpha value is -3.49. The van der Waals surface area contributed by atoms with E-state index in [1.807, 2.05) is 30.3 Å². The van der Waals surface area contributed by atoms with Crippen molar-refractivity contribution in [2.24, 2.45) is 0 Å². The average molecular weight is 354 g/mol. The first-order valence-electron chi connectivity index (χ1n) is 8.06. The lowest BCUT2D eigenvalue weighted by Crippen LogP contribution is -2.15. The molecule has 0 spiro atoms. The maximum atomic E-state index is 12.1. The minimum absolute atomic E-state index is 0.0485. The van der Waals surface area contributed by atoms with E-state index in [0.717, 1.165) is 5.56 Å². The Balaban J connectivity index is 1.53. The van der Waals surface area contributed by atoms with Gasteiger partial charge in [-0.25, -0.2) is 0 Å². The van der Waals surface area contributed by atoms with Gasteiger partial charge in [-0.2, -0.15) is 10.2 Å². The van der Waals surface area contributed by atoms with E-state index in [2.05, 4.69) is 15.5 Å². The Bertz CT molecular complexity index is 916. The molecule has 26 heavy (non-hydrogen) atoms. The average Bonchev–Trinajstić information content (AvgIpc) is 3.20. The standard InChI is InChI=1S/C17H18N6O3/c1-13-16(23(25)26)10-19-22(13)8-7-17(24)20-15-9-18-21(12-15)11-14-5-3-2-4-6-14/h2-6,9-10,12H,7-8,11H2,1H3,(H,20,24). The van der Waals surface area contributed by atoms with Crippen LogP contribution in [-0.4, -0.2) is 30.4 Å². The van der Waals surface area contributed by atoms with Gasteiger partial charge in [0.2, 0.25) is 5.91 Å². The zero-order valence-electron chi connectivity index (χ0n) is 14.2. The van der Waals surface area contributed by atoms with Crippen molar-refractivity contribution in [1.82, 2.24) is 19.6 Å². The molecule has 9 heteroatoms. The quantitative estimate of drug-likeness (QED) is 0.518. The molecule has 0 bridgehead atoms. The molecule has 0 saturated carbocycles. The van der Waals surface area contributed by atoms with Crippen LogP contribution in [-0.2, 0) is 17.9 Å². The van der Waals surface area contributed by atoms with E-state index >= 15 is 0 Å². The summed E-state index contributed by atoms with van der Waals surface area (Å²) in [5.74, 6) is -0.207. The zero-order valence-corrected chi connectivity index (χ0v) is 14.2. The number of benzene rings is 1. The van der Waals surface area contributed by atoms with Gasteiger partial charge in [-0.1, -0.05) is 30.3 Å². The molecule has 0 aliphatic rings. The first-order valence-corrected chi connectivity index (χ1v) is 8.06. The Kier molecular flexibility index (Phi) is 5.07. The van der Waals surface area contributed by atoms with Crippen LogP contribution in [0.3, 0.4) is 0 Å². The van der Waals surface area contributed by atoms with Crippen LogP contribution in [0.25, 0.3) is 0 Å². The highest BCUT2D eigenvalue weighted by atomic mass is 16.6. The van der Waals surface area contributed by atoms with E-state index in [9.17, 15) is 14.9 Å². The molecule has 1 aromatic carbocycles. The second kappa shape index (κ2) is 7.60. The van der Waals surface area contributed by atoms with Gasteiger partial charge >= 0.3 is 5.69 Å². The first kappa shape index (κ1) is 17.3. The van der Waals surface area contributed by atoms with E-state index in [1.54, 1.807) is 24.0 Å². The van der Waals surface area contributed by atoms with Gasteiger partial charge in [0.25, 0.3) is 0 Å². The van der Waals surface area contributed by atoms with Crippen LogP contribution >= 0.6 is 0 Å². The lowest BCUT2D eigenvalue weighted by molar-refractivity contribution is -0.385. The fourth-order valence-electron chi connectivity index (χ4n) is 2.56. The second-order valence-electron chi connectivity index (χ2n) is 5.81. The van der Waals surface area contributed by atoms with E-state index in [-0.39, 0.29) is 24.6 Å². The van der Waals surface area contributed by atoms with Gasteiger partial charge in [0.05, 0.1) is 29.9 Å². The first-order chi connectivity index (χ1) is 12.5. The van der Waals surface area contributed by atoms with Gasteiger partial charge in [0.1, 0.15) is 11.9 Å². The monoisotopic (exact) mass is 354 g/mol. The van der Waals surface area contributed by atoms with Crippen molar-refractivity contribution in [3.05, 3.63) is 70.3 Å². The number of carbonyl (C=O) groups excluding carboxylic acids is 1. The van der Waals surface area contributed by atoms with Gasteiger partial charge in [0.15, 0.2) is 0 Å². The number of carbonyl (C=O) groups is 1. The van der Waals surface area contributed by atoms with Crippen molar-refractivity contribution < 1.29 is 9.72 Å². The number of hydrogen-bond acceptors (Lipinski definition) is 5. The summed E-state index contributed by atoms with van der Waals surface area (Å²) in [7, 11) is 0. The summed E-state index contributed by atoms with van der Waals surface area (Å²) in [5.41, 5.74) is 2.10. The summed E-state index contributed by atoms with van der Waals surface area (Å²) in [6, 6.07) is 9.89. The molecule has 1 N–H and O–H groups in total. The van der Waals surface area contributed by atoms with E-state index in [1.165, 1.54) is 10.9 Å². The molecule has 2 aromatic heterocycles. The van der Waals surface area contributed by atoms with Gasteiger partial charge in [0, 0.05) is 12.6 Å². The van der Waals surface area contributed by atoms with E-state index in [4.69, 9.17) is 0 Å². The topological polar surface area (TPSA) is 108 Å². The highest BCUT2D eigenvalue weighted by Gasteiger charge is 2.16. The number of hydrogen-bond donors (Lipinski definition) is 1. The predicted octanol–water partition coefficient (Wildman–Crippen LogP) is 2.37. The molecule has 134 valence electrons. The predicted molar refractivity (Wildman–Crippen MR) is 94.6 cm³/mol. The summed E-state index contributed by atoms with van der Waals surface area (Å²) in [6.07, 6.45) is 4.70. The number of nitro groups is 1. The molecule has 0 atom stereocenters. The molecule has 0 unspecified atom stereocenters. The number of amides is 1. The van der Waals surface area contributed by atoms with Gasteiger partial charge in [-0.3, -0.25) is 24.3 Å². The smallest absolute Gasteiger partial charge is 0.309 e. The van der Waals surface area contributed by atoms with Crippen molar-refractivity contribution in [1.29, 1.82) is 0 Å². The van der Waals surface area contributed by atoms with Crippen molar-refractivity contribution >= 4 is 17.3 Å². The lowest BCUT2D eigenvalue weighted by Gasteiger charge is -2.04. The van der Waals surface area contributed by atoms with Gasteiger partial charge in [-0.05, 0) is 12.5 Å². The molecule has 3 aromatic rings. The number of nitrogens with one attached hydrogen (secondary N) is 1. The number of rotatable bonds is 7. The van der Waals surface area contributed by atoms with Crippen LogP contribution in [0.15, 0.2) is 48.9 Å². The largest absolute Gasteiger partial charge is 0.323 e. The maximum Gasteiger partial charge on any atom is 0.309 e. The molecular formula is C17H18N6O3. The van der Waals surface area contributed by atoms with Gasteiger partial charge < -0.3 is 5.32 Å². The SMILES string of the molecule is Cc1c([N+](=O)[O-])cnn1CCC(=O)Nc1cnn(Cc2ccccc2)c1. The fourth-order valence-corrected chi connectivity index (χ4v) is 2.56. The van der Waals surface area contributed by atoms with Crippen LogP contribution < -0.4 is 5.32 Å². The molecule has 2 heterocycles. The third-order valence-electron chi connectivity index (χ3n) is 3.93. The Labute approximate surface area is 149 Å². The minimum atomic E-state index is -0.486. The number of aromatic nitrogens is 4. The van der Waals surface area contributed by atoms with E-state index < -0.39 is 4.92 Å². The van der Waals surface area contributed by atoms with Crippen molar-refractivity contribution in [2.45, 2.75) is 26.4 Å². The normalized spacial score (nSPS) is 10.7.